The maximum absolute atomic E-state index is 11.1. The van der Waals surface area contributed by atoms with E-state index in [1.807, 2.05) is 42.5 Å². The van der Waals surface area contributed by atoms with Crippen molar-refractivity contribution in [1.29, 1.82) is 0 Å². The zero-order chi connectivity index (χ0) is 20.2. The molecule has 6 heteroatoms. The van der Waals surface area contributed by atoms with Crippen LogP contribution in [0.4, 0.5) is 0 Å². The molecule has 0 aliphatic rings. The van der Waals surface area contributed by atoms with Gasteiger partial charge in [0.2, 0.25) is 0 Å². The molecule has 0 saturated heterocycles. The molecule has 28 heavy (non-hydrogen) atoms. The van der Waals surface area contributed by atoms with Crippen LogP contribution in [-0.4, -0.2) is 22.5 Å². The van der Waals surface area contributed by atoms with E-state index in [0.717, 1.165) is 29.4 Å². The van der Waals surface area contributed by atoms with Crippen molar-refractivity contribution in [3.05, 3.63) is 42.5 Å². The summed E-state index contributed by atoms with van der Waals surface area (Å²) >= 11 is 0. The number of phosphoric ester groups is 1. The van der Waals surface area contributed by atoms with E-state index >= 15 is 0 Å². The molecule has 2 aromatic rings. The van der Waals surface area contributed by atoms with Gasteiger partial charge in [0.15, 0.2) is 0 Å². The number of unbranched alkanes of at least 4 members (excludes halogenated alkanes) is 7. The lowest BCUT2D eigenvalue weighted by Gasteiger charge is -2.20. The van der Waals surface area contributed by atoms with Crippen molar-refractivity contribution < 1.29 is 23.6 Å². The standard InChI is InChI=1S/C22H33O5P/c1-2-3-4-5-6-7-8-9-15-20(18-26-28(23,24)25)27-22-17-12-14-19-13-10-11-16-21(19)22/h10-14,16-17,20H,2-9,15,18H2,1H3,(H2,23,24,25). The molecule has 0 spiro atoms. The number of benzene rings is 2. The van der Waals surface area contributed by atoms with Gasteiger partial charge in [0.25, 0.3) is 0 Å². The predicted molar refractivity (Wildman–Crippen MR) is 114 cm³/mol. The number of fused-ring (bicyclic) bond motifs is 1. The number of phosphoric acid groups is 1. The van der Waals surface area contributed by atoms with Crippen LogP contribution in [0.2, 0.25) is 0 Å². The Labute approximate surface area is 168 Å². The van der Waals surface area contributed by atoms with Crippen molar-refractivity contribution >= 4 is 18.6 Å². The lowest BCUT2D eigenvalue weighted by atomic mass is 10.1. The molecule has 0 bridgehead atoms. The van der Waals surface area contributed by atoms with Crippen LogP contribution in [0.5, 0.6) is 5.75 Å². The second kappa shape index (κ2) is 12.2. The second-order valence-electron chi connectivity index (χ2n) is 7.27. The van der Waals surface area contributed by atoms with E-state index in [4.69, 9.17) is 19.0 Å². The second-order valence-corrected chi connectivity index (χ2v) is 8.51. The Hall–Kier alpha value is -1.39. The Morgan fingerprint density at radius 1 is 0.893 bits per heavy atom. The van der Waals surface area contributed by atoms with E-state index in [9.17, 15) is 4.57 Å². The molecular weight excluding hydrogens is 375 g/mol. The Morgan fingerprint density at radius 2 is 1.54 bits per heavy atom. The first kappa shape index (κ1) is 22.9. The van der Waals surface area contributed by atoms with Gasteiger partial charge in [-0.3, -0.25) is 4.52 Å². The Balaban J connectivity index is 1.89. The Kier molecular flexibility index (Phi) is 10.0. The highest BCUT2D eigenvalue weighted by Gasteiger charge is 2.20. The maximum Gasteiger partial charge on any atom is 0.469 e. The Morgan fingerprint density at radius 3 is 2.25 bits per heavy atom. The summed E-state index contributed by atoms with van der Waals surface area (Å²) in [7, 11) is -4.51. The molecular formula is C22H33O5P. The molecule has 156 valence electrons. The molecule has 0 saturated carbocycles. The van der Waals surface area contributed by atoms with Gasteiger partial charge >= 0.3 is 7.82 Å². The van der Waals surface area contributed by atoms with Gasteiger partial charge in [0, 0.05) is 5.39 Å². The van der Waals surface area contributed by atoms with E-state index in [0.29, 0.717) is 6.42 Å². The minimum absolute atomic E-state index is 0.121. The molecule has 2 aromatic carbocycles. The smallest absolute Gasteiger partial charge is 0.469 e. The van der Waals surface area contributed by atoms with Crippen LogP contribution in [0, 0.1) is 0 Å². The summed E-state index contributed by atoms with van der Waals surface area (Å²) < 4.78 is 22.0. The van der Waals surface area contributed by atoms with Crippen molar-refractivity contribution in [1.82, 2.24) is 0 Å². The molecule has 0 aliphatic carbocycles. The maximum atomic E-state index is 11.1. The molecule has 0 aliphatic heterocycles. The molecule has 2 rings (SSSR count). The first-order chi connectivity index (χ1) is 13.5. The first-order valence-electron chi connectivity index (χ1n) is 10.3. The highest BCUT2D eigenvalue weighted by atomic mass is 31.2. The quantitative estimate of drug-likeness (QED) is 0.286. The van der Waals surface area contributed by atoms with Crippen molar-refractivity contribution in [2.24, 2.45) is 0 Å². The van der Waals surface area contributed by atoms with E-state index in [2.05, 4.69) is 6.92 Å². The van der Waals surface area contributed by atoms with Crippen LogP contribution in [0.1, 0.15) is 64.7 Å². The highest BCUT2D eigenvalue weighted by molar-refractivity contribution is 7.46. The lowest BCUT2D eigenvalue weighted by molar-refractivity contribution is 0.0952. The summed E-state index contributed by atoms with van der Waals surface area (Å²) in [6.45, 7) is 2.10. The summed E-state index contributed by atoms with van der Waals surface area (Å²) in [5.41, 5.74) is 0. The summed E-state index contributed by atoms with van der Waals surface area (Å²) in [5.74, 6) is 0.719. The van der Waals surface area contributed by atoms with Gasteiger partial charge < -0.3 is 14.5 Å². The minimum atomic E-state index is -4.51. The van der Waals surface area contributed by atoms with Crippen molar-refractivity contribution in [3.8, 4) is 5.75 Å². The molecule has 0 amide bonds. The Bertz CT molecular complexity index is 737. The molecule has 0 aromatic heterocycles. The van der Waals surface area contributed by atoms with Gasteiger partial charge in [-0.25, -0.2) is 4.57 Å². The molecule has 0 heterocycles. The topological polar surface area (TPSA) is 76.0 Å². The predicted octanol–water partition coefficient (Wildman–Crippen LogP) is 6.23. The van der Waals surface area contributed by atoms with Gasteiger partial charge in [0.05, 0.1) is 6.61 Å². The average Bonchev–Trinajstić information content (AvgIpc) is 2.67. The van der Waals surface area contributed by atoms with Gasteiger partial charge in [-0.05, 0) is 24.3 Å². The highest BCUT2D eigenvalue weighted by Crippen LogP contribution is 2.36. The summed E-state index contributed by atoms with van der Waals surface area (Å²) in [6.07, 6.45) is 9.94. The zero-order valence-electron chi connectivity index (χ0n) is 16.8. The van der Waals surface area contributed by atoms with Crippen molar-refractivity contribution in [3.63, 3.8) is 0 Å². The summed E-state index contributed by atoms with van der Waals surface area (Å²) in [4.78, 5) is 18.1. The fourth-order valence-electron chi connectivity index (χ4n) is 3.34. The molecule has 0 fully saturated rings. The number of ether oxygens (including phenoxy) is 1. The minimum Gasteiger partial charge on any atom is -0.487 e. The van der Waals surface area contributed by atoms with Gasteiger partial charge in [-0.1, -0.05) is 88.3 Å². The SMILES string of the molecule is CCCCCCCCCCC(COP(=O)(O)O)Oc1cccc2ccccc12. The fourth-order valence-corrected chi connectivity index (χ4v) is 3.70. The normalized spacial score (nSPS) is 13.0. The van der Waals surface area contributed by atoms with Gasteiger partial charge in [-0.15, -0.1) is 0 Å². The largest absolute Gasteiger partial charge is 0.487 e. The lowest BCUT2D eigenvalue weighted by Crippen LogP contribution is -2.22. The third-order valence-electron chi connectivity index (χ3n) is 4.85. The number of hydrogen-bond donors (Lipinski definition) is 2. The average molecular weight is 408 g/mol. The van der Waals surface area contributed by atoms with Gasteiger partial charge in [-0.2, -0.15) is 0 Å². The van der Waals surface area contributed by atoms with Gasteiger partial charge in [0.1, 0.15) is 11.9 Å². The number of hydrogen-bond acceptors (Lipinski definition) is 3. The molecule has 2 N–H and O–H groups in total. The van der Waals surface area contributed by atoms with E-state index in [1.165, 1.54) is 38.5 Å². The third-order valence-corrected chi connectivity index (χ3v) is 5.34. The van der Waals surface area contributed by atoms with E-state index in [1.54, 1.807) is 0 Å². The van der Waals surface area contributed by atoms with Crippen molar-refractivity contribution in [2.45, 2.75) is 70.8 Å². The van der Waals surface area contributed by atoms with E-state index < -0.39 is 13.9 Å². The van der Waals surface area contributed by atoms with Crippen LogP contribution < -0.4 is 4.74 Å². The van der Waals surface area contributed by atoms with Crippen LogP contribution in [-0.2, 0) is 9.09 Å². The molecule has 1 atom stereocenters. The van der Waals surface area contributed by atoms with Crippen LogP contribution in [0.15, 0.2) is 42.5 Å². The van der Waals surface area contributed by atoms with Crippen LogP contribution in [0.25, 0.3) is 10.8 Å². The van der Waals surface area contributed by atoms with E-state index in [-0.39, 0.29) is 6.61 Å². The van der Waals surface area contributed by atoms with Crippen molar-refractivity contribution in [2.75, 3.05) is 6.61 Å². The summed E-state index contributed by atoms with van der Waals surface area (Å²) in [6, 6.07) is 13.8. The molecule has 1 unspecified atom stereocenters. The molecule has 0 radical (unpaired) electrons. The fraction of sp³-hybridized carbons (Fsp3) is 0.545. The summed E-state index contributed by atoms with van der Waals surface area (Å²) in [5, 5.41) is 2.06. The van der Waals surface area contributed by atoms with Crippen LogP contribution in [0.3, 0.4) is 0 Å². The van der Waals surface area contributed by atoms with Crippen LogP contribution >= 0.6 is 7.82 Å². The number of rotatable bonds is 14. The third kappa shape index (κ3) is 8.74. The zero-order valence-corrected chi connectivity index (χ0v) is 17.7. The first-order valence-corrected chi connectivity index (χ1v) is 11.9. The molecule has 5 nitrogen and oxygen atoms in total. The monoisotopic (exact) mass is 408 g/mol.